The first-order valence-corrected chi connectivity index (χ1v) is 6.63. The molecular weight excluding hydrogens is 274 g/mol. The summed E-state index contributed by atoms with van der Waals surface area (Å²) < 4.78 is 5.07. The summed E-state index contributed by atoms with van der Waals surface area (Å²) >= 11 is 0. The minimum Gasteiger partial charge on any atom is -0.394 e. The van der Waals surface area contributed by atoms with Crippen LogP contribution in [0.3, 0.4) is 0 Å². The van der Waals surface area contributed by atoms with E-state index < -0.39 is 10.9 Å². The van der Waals surface area contributed by atoms with Gasteiger partial charge in [-0.1, -0.05) is 6.07 Å². The van der Waals surface area contributed by atoms with Gasteiger partial charge in [0.2, 0.25) is 0 Å². The van der Waals surface area contributed by atoms with Crippen molar-refractivity contribution in [1.82, 2.24) is 4.98 Å². The van der Waals surface area contributed by atoms with Crippen molar-refractivity contribution in [3.63, 3.8) is 0 Å². The highest BCUT2D eigenvalue weighted by Gasteiger charge is 2.20. The maximum absolute atomic E-state index is 11.5. The first-order chi connectivity index (χ1) is 10.2. The lowest BCUT2D eigenvalue weighted by atomic mass is 10.2. The number of nitrogens with one attached hydrogen (secondary N) is 2. The summed E-state index contributed by atoms with van der Waals surface area (Å²) in [6.07, 6.45) is 1.66. The van der Waals surface area contributed by atoms with E-state index in [1.807, 2.05) is 12.1 Å². The molecule has 2 aromatic rings. The van der Waals surface area contributed by atoms with Gasteiger partial charge < -0.3 is 20.5 Å². The van der Waals surface area contributed by atoms with Gasteiger partial charge in [0.25, 0.3) is 10.9 Å². The number of aliphatic hydroxyl groups is 1. The highest BCUT2D eigenvalue weighted by atomic mass is 16.5. The molecule has 0 atom stereocenters. The summed E-state index contributed by atoms with van der Waals surface area (Å²) in [5, 5.41) is 14.3. The molecule has 2 rings (SSSR count). The van der Waals surface area contributed by atoms with Crippen molar-refractivity contribution < 1.29 is 9.84 Å². The maximum atomic E-state index is 11.5. The number of aromatic nitrogens is 1. The molecule has 1 aromatic carbocycles. The summed E-state index contributed by atoms with van der Waals surface area (Å²) in [7, 11) is 0. The van der Waals surface area contributed by atoms with Crippen LogP contribution < -0.4 is 21.5 Å². The third-order valence-corrected chi connectivity index (χ3v) is 2.87. The first-order valence-electron chi connectivity index (χ1n) is 6.63. The molecule has 0 radical (unpaired) electrons. The molecule has 1 aromatic heterocycles. The van der Waals surface area contributed by atoms with Gasteiger partial charge >= 0.3 is 0 Å². The van der Waals surface area contributed by atoms with Crippen molar-refractivity contribution in [2.45, 2.75) is 6.54 Å². The lowest BCUT2D eigenvalue weighted by Gasteiger charge is -2.14. The summed E-state index contributed by atoms with van der Waals surface area (Å²) in [6, 6.07) is 5.48. The number of aliphatic hydroxyl groups excluding tert-OH is 1. The predicted octanol–water partition coefficient (Wildman–Crippen LogP) is -0.290. The molecule has 1 heterocycles. The van der Waals surface area contributed by atoms with Gasteiger partial charge in [-0.15, -0.1) is 0 Å². The summed E-state index contributed by atoms with van der Waals surface area (Å²) in [6.45, 7) is 1.32. The molecule has 0 aliphatic heterocycles. The van der Waals surface area contributed by atoms with Crippen LogP contribution in [0.4, 0.5) is 11.4 Å². The molecule has 0 amide bonds. The topological polar surface area (TPSA) is 101 Å². The van der Waals surface area contributed by atoms with Gasteiger partial charge in [0.1, 0.15) is 11.4 Å². The molecule has 3 N–H and O–H groups in total. The van der Waals surface area contributed by atoms with E-state index in [1.54, 1.807) is 12.3 Å². The Labute approximate surface area is 121 Å². The molecule has 0 bridgehead atoms. The van der Waals surface area contributed by atoms with E-state index in [2.05, 4.69) is 15.6 Å². The van der Waals surface area contributed by atoms with Gasteiger partial charge in [-0.2, -0.15) is 0 Å². The normalized spacial score (nSPS) is 10.7. The molecule has 0 aliphatic carbocycles. The Bertz CT molecular complexity index is 635. The number of rotatable bonds is 9. The van der Waals surface area contributed by atoms with Crippen molar-refractivity contribution in [2.24, 2.45) is 0 Å². The molecule has 7 heteroatoms. The van der Waals surface area contributed by atoms with Crippen LogP contribution in [0.15, 0.2) is 34.0 Å². The van der Waals surface area contributed by atoms with E-state index in [0.29, 0.717) is 19.7 Å². The number of nitrogens with zero attached hydrogens (tertiary/aromatic N) is 1. The number of hydrogen-bond donors (Lipinski definition) is 3. The van der Waals surface area contributed by atoms with Crippen LogP contribution in [-0.2, 0) is 11.3 Å². The molecule has 0 spiro atoms. The molecule has 21 heavy (non-hydrogen) atoms. The summed E-state index contributed by atoms with van der Waals surface area (Å²) in [4.78, 5) is 27.2. The van der Waals surface area contributed by atoms with E-state index in [0.717, 1.165) is 5.69 Å². The van der Waals surface area contributed by atoms with Gasteiger partial charge in [0.05, 0.1) is 32.1 Å². The van der Waals surface area contributed by atoms with E-state index in [-0.39, 0.29) is 24.6 Å². The Kier molecular flexibility index (Phi) is 5.42. The minimum absolute atomic E-state index is 0.0446. The van der Waals surface area contributed by atoms with Gasteiger partial charge in [0, 0.05) is 12.7 Å². The highest BCUT2D eigenvalue weighted by molar-refractivity contribution is 5.73. The zero-order valence-electron chi connectivity index (χ0n) is 11.5. The van der Waals surface area contributed by atoms with Gasteiger partial charge in [0.15, 0.2) is 0 Å². The van der Waals surface area contributed by atoms with E-state index in [4.69, 9.17) is 9.84 Å². The zero-order valence-corrected chi connectivity index (χ0v) is 11.5. The first kappa shape index (κ1) is 15.1. The molecule has 0 saturated carbocycles. The van der Waals surface area contributed by atoms with Crippen molar-refractivity contribution >= 4 is 11.4 Å². The third-order valence-electron chi connectivity index (χ3n) is 2.87. The Morgan fingerprint density at radius 2 is 1.86 bits per heavy atom. The van der Waals surface area contributed by atoms with Crippen molar-refractivity contribution in [2.75, 3.05) is 37.0 Å². The lowest BCUT2D eigenvalue weighted by molar-refractivity contribution is 0.0992. The second-order valence-electron chi connectivity index (χ2n) is 4.35. The van der Waals surface area contributed by atoms with Crippen molar-refractivity contribution in [1.29, 1.82) is 0 Å². The number of ether oxygens (including phenoxy) is 1. The largest absolute Gasteiger partial charge is 0.394 e. The second-order valence-corrected chi connectivity index (χ2v) is 4.35. The molecule has 0 fully saturated rings. The summed E-state index contributed by atoms with van der Waals surface area (Å²) in [5.41, 5.74) is 0.296. The predicted molar refractivity (Wildman–Crippen MR) is 79.3 cm³/mol. The fourth-order valence-corrected chi connectivity index (χ4v) is 1.83. The fourth-order valence-electron chi connectivity index (χ4n) is 1.83. The Hall–Kier alpha value is -2.25. The zero-order chi connectivity index (χ0) is 15.1. The van der Waals surface area contributed by atoms with Crippen LogP contribution in [0.2, 0.25) is 0 Å². The van der Waals surface area contributed by atoms with E-state index >= 15 is 0 Å². The Morgan fingerprint density at radius 3 is 2.52 bits per heavy atom. The second kappa shape index (κ2) is 7.51. The smallest absolute Gasteiger partial charge is 0.253 e. The van der Waals surface area contributed by atoms with Gasteiger partial charge in [-0.05, 0) is 12.1 Å². The number of pyridine rings is 1. The van der Waals surface area contributed by atoms with Crippen LogP contribution in [-0.4, -0.2) is 36.5 Å². The van der Waals surface area contributed by atoms with Crippen LogP contribution in [0, 0.1) is 0 Å². The number of anilines is 2. The third kappa shape index (κ3) is 3.87. The fraction of sp³-hybridized carbons (Fsp3) is 0.357. The van der Waals surface area contributed by atoms with Crippen LogP contribution in [0.1, 0.15) is 5.69 Å². The maximum Gasteiger partial charge on any atom is 0.253 e. The minimum atomic E-state index is -0.527. The van der Waals surface area contributed by atoms with E-state index in [1.165, 1.54) is 0 Å². The molecule has 0 aliphatic rings. The average molecular weight is 291 g/mol. The monoisotopic (exact) mass is 291 g/mol. The molecular formula is C14H17N3O4. The van der Waals surface area contributed by atoms with Crippen LogP contribution in [0.25, 0.3) is 0 Å². The van der Waals surface area contributed by atoms with E-state index in [9.17, 15) is 9.59 Å². The average Bonchev–Trinajstić information content (AvgIpc) is 2.53. The molecule has 0 saturated heterocycles. The Balaban J connectivity index is 1.87. The Morgan fingerprint density at radius 1 is 1.10 bits per heavy atom. The van der Waals surface area contributed by atoms with Crippen LogP contribution in [0.5, 0.6) is 0 Å². The lowest BCUT2D eigenvalue weighted by Crippen LogP contribution is -2.38. The van der Waals surface area contributed by atoms with Gasteiger partial charge in [-0.25, -0.2) is 0 Å². The standard InChI is InChI=1S/C14H17N3O4/c18-6-8-21-7-5-16-11-12(14(20)13(11)19)17-9-10-3-1-2-4-15-10/h1-4,16-18H,5-9H2. The SMILES string of the molecule is O=c1c(NCCOCCO)c(NCc2ccccn2)c1=O. The quantitative estimate of drug-likeness (QED) is 0.431. The van der Waals surface area contributed by atoms with Gasteiger partial charge in [-0.3, -0.25) is 14.6 Å². The molecule has 0 unspecified atom stereocenters. The summed E-state index contributed by atoms with van der Waals surface area (Å²) in [5.74, 6) is 0. The molecule has 112 valence electrons. The van der Waals surface area contributed by atoms with Crippen LogP contribution >= 0.6 is 0 Å². The number of hydrogen-bond acceptors (Lipinski definition) is 7. The molecule has 7 nitrogen and oxygen atoms in total. The van der Waals surface area contributed by atoms with Crippen molar-refractivity contribution in [3.8, 4) is 0 Å². The highest BCUT2D eigenvalue weighted by Crippen LogP contribution is 2.14. The van der Waals surface area contributed by atoms with Crippen molar-refractivity contribution in [3.05, 3.63) is 50.5 Å².